The molecule has 2 heterocycles. The molecule has 1 aliphatic heterocycles. The van der Waals surface area contributed by atoms with E-state index in [1.54, 1.807) is 0 Å². The normalized spacial score (nSPS) is 17.3. The highest BCUT2D eigenvalue weighted by molar-refractivity contribution is 5.95. The maximum absolute atomic E-state index is 12.8. The minimum absolute atomic E-state index is 0.0366. The molecule has 4 heteroatoms. The number of aryl methyl sites for hydroxylation is 1. The van der Waals surface area contributed by atoms with Gasteiger partial charge in [-0.05, 0) is 52.2 Å². The number of aromatic nitrogens is 1. The zero-order valence-electron chi connectivity index (χ0n) is 13.0. The molecule has 1 saturated heterocycles. The minimum atomic E-state index is -0.0366. The molecule has 110 valence electrons. The van der Waals surface area contributed by atoms with E-state index in [0.717, 1.165) is 49.4 Å². The Kier molecular flexibility index (Phi) is 4.31. The molecule has 0 radical (unpaired) electrons. The number of carbonyl (C=O) groups excluding carboxylic acids is 1. The van der Waals surface area contributed by atoms with Crippen molar-refractivity contribution in [3.8, 4) is 0 Å². The van der Waals surface area contributed by atoms with Crippen LogP contribution in [-0.2, 0) is 6.42 Å². The summed E-state index contributed by atoms with van der Waals surface area (Å²) in [4.78, 5) is 19.3. The first-order valence-electron chi connectivity index (χ1n) is 7.54. The highest BCUT2D eigenvalue weighted by Crippen LogP contribution is 2.30. The van der Waals surface area contributed by atoms with Crippen LogP contribution in [0.4, 0.5) is 5.82 Å². The Balaban J connectivity index is 2.31. The summed E-state index contributed by atoms with van der Waals surface area (Å²) in [5.41, 5.74) is 1.68. The van der Waals surface area contributed by atoms with E-state index in [0.29, 0.717) is 0 Å². The van der Waals surface area contributed by atoms with E-state index in [2.05, 4.69) is 31.1 Å². The molecule has 0 saturated carbocycles. The van der Waals surface area contributed by atoms with E-state index < -0.39 is 0 Å². The molecule has 4 nitrogen and oxygen atoms in total. The van der Waals surface area contributed by atoms with Crippen LogP contribution >= 0.6 is 0 Å². The van der Waals surface area contributed by atoms with Gasteiger partial charge in [-0.1, -0.05) is 6.92 Å². The Morgan fingerprint density at radius 2 is 2.15 bits per heavy atom. The summed E-state index contributed by atoms with van der Waals surface area (Å²) >= 11 is 0. The molecular formula is C16H25N3O. The van der Waals surface area contributed by atoms with Gasteiger partial charge in [0, 0.05) is 29.9 Å². The molecule has 1 aliphatic rings. The molecule has 1 N–H and O–H groups in total. The summed E-state index contributed by atoms with van der Waals surface area (Å²) in [6, 6.07) is 3.80. The fraction of sp³-hybridized carbons (Fsp3) is 0.625. The number of likely N-dealkylation sites (tertiary alicyclic amines) is 1. The quantitative estimate of drug-likeness (QED) is 0.918. The number of rotatable bonds is 4. The molecule has 0 bridgehead atoms. The van der Waals surface area contributed by atoms with Crippen LogP contribution in [0, 0.1) is 0 Å². The molecule has 0 aromatic carbocycles. The van der Waals surface area contributed by atoms with E-state index in [-0.39, 0.29) is 11.4 Å². The van der Waals surface area contributed by atoms with Crippen molar-refractivity contribution >= 4 is 11.7 Å². The van der Waals surface area contributed by atoms with Crippen LogP contribution in [-0.4, -0.2) is 34.4 Å². The van der Waals surface area contributed by atoms with Crippen LogP contribution < -0.4 is 5.32 Å². The maximum Gasteiger partial charge on any atom is 0.254 e. The van der Waals surface area contributed by atoms with Gasteiger partial charge in [-0.2, -0.15) is 0 Å². The largest absolute Gasteiger partial charge is 0.370 e. The van der Waals surface area contributed by atoms with Gasteiger partial charge in [-0.25, -0.2) is 4.98 Å². The van der Waals surface area contributed by atoms with Gasteiger partial charge in [-0.15, -0.1) is 0 Å². The van der Waals surface area contributed by atoms with Crippen molar-refractivity contribution in [2.45, 2.75) is 52.5 Å². The minimum Gasteiger partial charge on any atom is -0.370 e. The van der Waals surface area contributed by atoms with Crippen LogP contribution in [0.3, 0.4) is 0 Å². The number of hydrogen-bond acceptors (Lipinski definition) is 3. The van der Waals surface area contributed by atoms with Crippen LogP contribution in [0.25, 0.3) is 0 Å². The average Bonchev–Trinajstić information content (AvgIpc) is 2.77. The van der Waals surface area contributed by atoms with Crippen LogP contribution in [0.15, 0.2) is 12.1 Å². The van der Waals surface area contributed by atoms with E-state index in [4.69, 9.17) is 0 Å². The molecule has 1 aromatic heterocycles. The number of nitrogens with one attached hydrogen (secondary N) is 1. The van der Waals surface area contributed by atoms with Gasteiger partial charge in [-0.3, -0.25) is 4.79 Å². The van der Waals surface area contributed by atoms with Crippen molar-refractivity contribution in [3.63, 3.8) is 0 Å². The highest BCUT2D eigenvalue weighted by Gasteiger charge is 2.35. The van der Waals surface area contributed by atoms with Gasteiger partial charge < -0.3 is 10.2 Å². The number of carbonyl (C=O) groups is 1. The third-order valence-electron chi connectivity index (χ3n) is 3.99. The number of anilines is 1. The van der Waals surface area contributed by atoms with Gasteiger partial charge in [0.1, 0.15) is 5.82 Å². The van der Waals surface area contributed by atoms with Crippen molar-refractivity contribution in [2.24, 2.45) is 0 Å². The Morgan fingerprint density at radius 1 is 1.40 bits per heavy atom. The lowest BCUT2D eigenvalue weighted by atomic mass is 10.0. The van der Waals surface area contributed by atoms with E-state index in [9.17, 15) is 4.79 Å². The first-order valence-corrected chi connectivity index (χ1v) is 7.54. The fourth-order valence-electron chi connectivity index (χ4n) is 2.80. The second-order valence-corrected chi connectivity index (χ2v) is 5.99. The molecule has 2 rings (SSSR count). The van der Waals surface area contributed by atoms with Crippen molar-refractivity contribution in [1.29, 1.82) is 0 Å². The second-order valence-electron chi connectivity index (χ2n) is 5.99. The molecule has 0 unspecified atom stereocenters. The van der Waals surface area contributed by atoms with Gasteiger partial charge in [0.15, 0.2) is 0 Å². The molecule has 20 heavy (non-hydrogen) atoms. The molecule has 1 aromatic rings. The van der Waals surface area contributed by atoms with Crippen molar-refractivity contribution < 1.29 is 4.79 Å². The zero-order valence-corrected chi connectivity index (χ0v) is 13.0. The van der Waals surface area contributed by atoms with Crippen molar-refractivity contribution in [3.05, 3.63) is 23.4 Å². The second kappa shape index (κ2) is 5.81. The third-order valence-corrected chi connectivity index (χ3v) is 3.99. The third kappa shape index (κ3) is 2.94. The van der Waals surface area contributed by atoms with Gasteiger partial charge in [0.05, 0.1) is 0 Å². The van der Waals surface area contributed by atoms with E-state index >= 15 is 0 Å². The average molecular weight is 275 g/mol. The van der Waals surface area contributed by atoms with Gasteiger partial charge in [0.2, 0.25) is 0 Å². The lowest BCUT2D eigenvalue weighted by Crippen LogP contribution is -2.42. The Morgan fingerprint density at radius 3 is 2.70 bits per heavy atom. The molecule has 1 amide bonds. The fourth-order valence-corrected chi connectivity index (χ4v) is 2.80. The summed E-state index contributed by atoms with van der Waals surface area (Å²) in [7, 11) is 0. The first-order chi connectivity index (χ1) is 9.47. The smallest absolute Gasteiger partial charge is 0.254 e. The maximum atomic E-state index is 12.8. The van der Waals surface area contributed by atoms with Gasteiger partial charge in [0.25, 0.3) is 5.91 Å². The number of nitrogens with zero attached hydrogens (tertiary/aromatic N) is 2. The van der Waals surface area contributed by atoms with Crippen LogP contribution in [0.2, 0.25) is 0 Å². The predicted octanol–water partition coefficient (Wildman–Crippen LogP) is 3.09. The molecule has 0 aliphatic carbocycles. The van der Waals surface area contributed by atoms with Crippen molar-refractivity contribution in [2.75, 3.05) is 18.4 Å². The molecular weight excluding hydrogens is 250 g/mol. The lowest BCUT2D eigenvalue weighted by molar-refractivity contribution is 0.0652. The molecule has 0 atom stereocenters. The molecule has 1 fully saturated rings. The van der Waals surface area contributed by atoms with Crippen molar-refractivity contribution in [1.82, 2.24) is 9.88 Å². The highest BCUT2D eigenvalue weighted by atomic mass is 16.2. The first kappa shape index (κ1) is 14.8. The Hall–Kier alpha value is -1.58. The van der Waals surface area contributed by atoms with Crippen LogP contribution in [0.1, 0.15) is 56.6 Å². The zero-order chi connectivity index (χ0) is 14.8. The summed E-state index contributed by atoms with van der Waals surface area (Å²) in [5, 5.41) is 3.21. The monoisotopic (exact) mass is 275 g/mol. The topological polar surface area (TPSA) is 45.2 Å². The van der Waals surface area contributed by atoms with Crippen LogP contribution in [0.5, 0.6) is 0 Å². The summed E-state index contributed by atoms with van der Waals surface area (Å²) < 4.78 is 0. The number of pyridine rings is 1. The number of hydrogen-bond donors (Lipinski definition) is 1. The summed E-state index contributed by atoms with van der Waals surface area (Å²) in [6.07, 6.45) is 3.00. The van der Waals surface area contributed by atoms with Gasteiger partial charge >= 0.3 is 0 Å². The Bertz CT molecular complexity index is 496. The molecule has 0 spiro atoms. The number of amides is 1. The summed E-state index contributed by atoms with van der Waals surface area (Å²) in [6.45, 7) is 10.0. The lowest BCUT2D eigenvalue weighted by Gasteiger charge is -2.31. The van der Waals surface area contributed by atoms with E-state index in [1.165, 1.54) is 0 Å². The predicted molar refractivity (Wildman–Crippen MR) is 82.1 cm³/mol. The SMILES string of the molecule is CCNc1cc(C(=O)N2CCCC2(C)C)cc(CC)n1. The van der Waals surface area contributed by atoms with E-state index in [1.807, 2.05) is 24.0 Å². The standard InChI is InChI=1S/C16H25N3O/c1-5-13-10-12(11-14(18-13)17-6-2)15(20)19-9-7-8-16(19,3)4/h10-11H,5-9H2,1-4H3,(H,17,18). The Labute approximate surface area is 121 Å². The summed E-state index contributed by atoms with van der Waals surface area (Å²) in [5.74, 6) is 0.927.